The minimum absolute atomic E-state index is 0. The smallest absolute Gasteiger partial charge is 0.122 e. The Kier molecular flexibility index (Phi) is 3.40. The molecule has 2 fully saturated rings. The molecule has 4 N–H and O–H groups in total. The Hall–Kier alpha value is -1.06. The molecule has 0 spiro atoms. The van der Waals surface area contributed by atoms with Crippen LogP contribution in [0, 0.1) is 5.41 Å². The molecule has 1 aromatic carbocycles. The number of hydrogen-bond donors (Lipinski definition) is 3. The normalized spacial score (nSPS) is 30.0. The highest BCUT2D eigenvalue weighted by Gasteiger charge is 2.39. The van der Waals surface area contributed by atoms with Crippen molar-refractivity contribution in [2.45, 2.75) is 37.3 Å². The van der Waals surface area contributed by atoms with Gasteiger partial charge in [-0.25, -0.2) is 0 Å². The summed E-state index contributed by atoms with van der Waals surface area (Å²) in [7, 11) is 0. The summed E-state index contributed by atoms with van der Waals surface area (Å²) in [5, 5.41) is 11.0. The lowest BCUT2D eigenvalue weighted by atomic mass is 9.84. The van der Waals surface area contributed by atoms with Gasteiger partial charge >= 0.3 is 0 Å². The monoisotopic (exact) mass is 251 g/mol. The van der Waals surface area contributed by atoms with Crippen LogP contribution in [0.2, 0.25) is 0 Å². The van der Waals surface area contributed by atoms with Crippen molar-refractivity contribution in [1.82, 2.24) is 5.32 Å². The summed E-state index contributed by atoms with van der Waals surface area (Å²) in [5.41, 5.74) is 7.66. The SMILES string of the molecule is Cl.N=C(N)c1ccc(C2CC3CCC2N3)cc1. The lowest BCUT2D eigenvalue weighted by Crippen LogP contribution is -2.21. The van der Waals surface area contributed by atoms with E-state index in [0.717, 1.165) is 11.6 Å². The van der Waals surface area contributed by atoms with Gasteiger partial charge in [0.05, 0.1) is 0 Å². The van der Waals surface area contributed by atoms with Crippen LogP contribution in [-0.4, -0.2) is 17.9 Å². The van der Waals surface area contributed by atoms with Gasteiger partial charge in [0.2, 0.25) is 0 Å². The molecule has 4 heteroatoms. The van der Waals surface area contributed by atoms with Crippen molar-refractivity contribution in [2.75, 3.05) is 0 Å². The van der Waals surface area contributed by atoms with Crippen molar-refractivity contribution >= 4 is 18.2 Å². The molecule has 2 saturated heterocycles. The van der Waals surface area contributed by atoms with Crippen LogP contribution >= 0.6 is 12.4 Å². The quantitative estimate of drug-likeness (QED) is 0.556. The van der Waals surface area contributed by atoms with Crippen LogP contribution in [0.3, 0.4) is 0 Å². The average molecular weight is 252 g/mol. The van der Waals surface area contributed by atoms with E-state index in [1.165, 1.54) is 24.8 Å². The largest absolute Gasteiger partial charge is 0.384 e. The molecule has 0 saturated carbocycles. The number of amidine groups is 1. The van der Waals surface area contributed by atoms with Crippen molar-refractivity contribution in [3.63, 3.8) is 0 Å². The number of fused-ring (bicyclic) bond motifs is 2. The average Bonchev–Trinajstić information content (AvgIpc) is 2.91. The second-order valence-corrected chi connectivity index (χ2v) is 4.93. The van der Waals surface area contributed by atoms with Gasteiger partial charge in [-0.05, 0) is 24.8 Å². The highest BCUT2D eigenvalue weighted by Crippen LogP contribution is 2.39. The zero-order valence-corrected chi connectivity index (χ0v) is 10.5. The van der Waals surface area contributed by atoms with Gasteiger partial charge in [0, 0.05) is 23.6 Å². The standard InChI is InChI=1S/C13H17N3.ClH/c14-13(15)9-3-1-8(2-4-9)11-7-10-5-6-12(11)16-10;/h1-4,10-12,16H,5-7H2,(H3,14,15);1H. The molecule has 17 heavy (non-hydrogen) atoms. The molecule has 92 valence electrons. The van der Waals surface area contributed by atoms with Gasteiger partial charge in [0.15, 0.2) is 0 Å². The summed E-state index contributed by atoms with van der Waals surface area (Å²) >= 11 is 0. The third-order valence-electron chi connectivity index (χ3n) is 3.95. The number of nitrogens with one attached hydrogen (secondary N) is 2. The Bertz CT molecular complexity index is 415. The number of benzene rings is 1. The summed E-state index contributed by atoms with van der Waals surface area (Å²) in [6.07, 6.45) is 3.92. The molecule has 2 bridgehead atoms. The van der Waals surface area contributed by atoms with Crippen LogP contribution in [0.15, 0.2) is 24.3 Å². The Morgan fingerprint density at radius 1 is 1.24 bits per heavy atom. The second-order valence-electron chi connectivity index (χ2n) is 4.93. The minimum Gasteiger partial charge on any atom is -0.384 e. The van der Waals surface area contributed by atoms with E-state index in [9.17, 15) is 0 Å². The summed E-state index contributed by atoms with van der Waals surface area (Å²) in [6, 6.07) is 9.59. The first-order valence-electron chi connectivity index (χ1n) is 5.94. The van der Waals surface area contributed by atoms with Gasteiger partial charge in [-0.3, -0.25) is 5.41 Å². The van der Waals surface area contributed by atoms with Crippen LogP contribution in [0.4, 0.5) is 0 Å². The molecule has 0 aliphatic carbocycles. The Morgan fingerprint density at radius 2 is 1.94 bits per heavy atom. The van der Waals surface area contributed by atoms with Gasteiger partial charge in [0.25, 0.3) is 0 Å². The van der Waals surface area contributed by atoms with Gasteiger partial charge in [0.1, 0.15) is 5.84 Å². The zero-order chi connectivity index (χ0) is 11.1. The molecule has 3 atom stereocenters. The minimum atomic E-state index is 0. The first-order valence-corrected chi connectivity index (χ1v) is 5.94. The number of nitrogens with two attached hydrogens (primary N) is 1. The van der Waals surface area contributed by atoms with Gasteiger partial charge in [-0.1, -0.05) is 24.3 Å². The molecule has 0 aromatic heterocycles. The molecule has 2 heterocycles. The molecular weight excluding hydrogens is 234 g/mol. The summed E-state index contributed by atoms with van der Waals surface area (Å²) < 4.78 is 0. The predicted molar refractivity (Wildman–Crippen MR) is 72.0 cm³/mol. The van der Waals surface area contributed by atoms with E-state index in [1.807, 2.05) is 12.1 Å². The molecule has 3 rings (SSSR count). The molecule has 3 unspecified atom stereocenters. The fourth-order valence-corrected chi connectivity index (χ4v) is 3.10. The van der Waals surface area contributed by atoms with E-state index < -0.39 is 0 Å². The van der Waals surface area contributed by atoms with Crippen molar-refractivity contribution in [1.29, 1.82) is 5.41 Å². The Morgan fingerprint density at radius 3 is 2.41 bits per heavy atom. The van der Waals surface area contributed by atoms with E-state index in [-0.39, 0.29) is 18.2 Å². The molecule has 0 radical (unpaired) electrons. The third kappa shape index (κ3) is 2.17. The molecular formula is C13H18ClN3. The summed E-state index contributed by atoms with van der Waals surface area (Å²) in [4.78, 5) is 0. The van der Waals surface area contributed by atoms with Crippen LogP contribution in [-0.2, 0) is 0 Å². The van der Waals surface area contributed by atoms with Gasteiger partial charge in [-0.15, -0.1) is 12.4 Å². The van der Waals surface area contributed by atoms with Gasteiger partial charge < -0.3 is 11.1 Å². The highest BCUT2D eigenvalue weighted by atomic mass is 35.5. The maximum atomic E-state index is 7.36. The maximum Gasteiger partial charge on any atom is 0.122 e. The van der Waals surface area contributed by atoms with Crippen molar-refractivity contribution in [3.8, 4) is 0 Å². The summed E-state index contributed by atoms with van der Waals surface area (Å²) in [5.74, 6) is 0.817. The van der Waals surface area contributed by atoms with Crippen molar-refractivity contribution in [3.05, 3.63) is 35.4 Å². The predicted octanol–water partition coefficient (Wildman–Crippen LogP) is 2.00. The van der Waals surface area contributed by atoms with Crippen LogP contribution in [0.25, 0.3) is 0 Å². The van der Waals surface area contributed by atoms with E-state index >= 15 is 0 Å². The summed E-state index contributed by atoms with van der Waals surface area (Å²) in [6.45, 7) is 0. The fourth-order valence-electron chi connectivity index (χ4n) is 3.10. The van der Waals surface area contributed by atoms with E-state index in [2.05, 4.69) is 17.4 Å². The fraction of sp³-hybridized carbons (Fsp3) is 0.462. The molecule has 3 nitrogen and oxygen atoms in total. The first kappa shape index (κ1) is 12.4. The maximum absolute atomic E-state index is 7.36. The van der Waals surface area contributed by atoms with Gasteiger partial charge in [-0.2, -0.15) is 0 Å². The molecule has 0 amide bonds. The van der Waals surface area contributed by atoms with Crippen molar-refractivity contribution < 1.29 is 0 Å². The number of rotatable bonds is 2. The van der Waals surface area contributed by atoms with Crippen molar-refractivity contribution in [2.24, 2.45) is 5.73 Å². The Balaban J connectivity index is 0.00000108. The highest BCUT2D eigenvalue weighted by molar-refractivity contribution is 5.94. The van der Waals surface area contributed by atoms with E-state index in [4.69, 9.17) is 11.1 Å². The van der Waals surface area contributed by atoms with E-state index in [0.29, 0.717) is 12.0 Å². The van der Waals surface area contributed by atoms with Crippen LogP contribution in [0.1, 0.15) is 36.3 Å². The van der Waals surface area contributed by atoms with Crippen LogP contribution < -0.4 is 11.1 Å². The second kappa shape index (κ2) is 4.67. The lowest BCUT2D eigenvalue weighted by Gasteiger charge is -2.20. The topological polar surface area (TPSA) is 61.9 Å². The number of halogens is 1. The van der Waals surface area contributed by atoms with Crippen LogP contribution in [0.5, 0.6) is 0 Å². The number of nitrogen functional groups attached to an aromatic ring is 1. The third-order valence-corrected chi connectivity index (χ3v) is 3.95. The van der Waals surface area contributed by atoms with E-state index in [1.54, 1.807) is 0 Å². The lowest BCUT2D eigenvalue weighted by molar-refractivity contribution is 0.506. The Labute approximate surface area is 108 Å². The zero-order valence-electron chi connectivity index (χ0n) is 9.65. The molecule has 2 aliphatic rings. The number of hydrogen-bond acceptors (Lipinski definition) is 2. The molecule has 2 aliphatic heterocycles. The molecule has 1 aromatic rings. The first-order chi connectivity index (χ1) is 7.74.